The third-order valence-corrected chi connectivity index (χ3v) is 7.97. The van der Waals surface area contributed by atoms with Gasteiger partial charge >= 0.3 is 0 Å². The summed E-state index contributed by atoms with van der Waals surface area (Å²) in [6, 6.07) is 4.95. The van der Waals surface area contributed by atoms with Crippen LogP contribution in [0, 0.1) is 23.2 Å². The van der Waals surface area contributed by atoms with Gasteiger partial charge in [0.2, 0.25) is 11.8 Å². The highest BCUT2D eigenvalue weighted by atomic mass is 16.5. The molecule has 1 aromatic carbocycles. The van der Waals surface area contributed by atoms with Crippen LogP contribution in [0.5, 0.6) is 11.5 Å². The van der Waals surface area contributed by atoms with Crippen LogP contribution in [-0.2, 0) is 9.59 Å². The molecule has 6 nitrogen and oxygen atoms in total. The van der Waals surface area contributed by atoms with E-state index < -0.39 is 6.04 Å². The van der Waals surface area contributed by atoms with Crippen molar-refractivity contribution in [2.24, 2.45) is 23.2 Å². The van der Waals surface area contributed by atoms with Gasteiger partial charge in [-0.1, -0.05) is 0 Å². The molecule has 5 fully saturated rings. The normalized spacial score (nSPS) is 34.1. The number of anilines is 1. The SMILES string of the molecule is COc1ccc(NC(=O)[C@H]2CCCN2C(=O)C23CC4CC(CC(C4)C2)C3)c(OC)c1. The molecule has 4 bridgehead atoms. The Balaban J connectivity index is 1.33. The Bertz CT molecular complexity index is 816. The maximum atomic E-state index is 13.8. The van der Waals surface area contributed by atoms with Crippen molar-refractivity contribution in [3.63, 3.8) is 0 Å². The molecule has 1 aliphatic heterocycles. The number of hydrogen-bond acceptors (Lipinski definition) is 4. The molecular formula is C24H32N2O4. The summed E-state index contributed by atoms with van der Waals surface area (Å²) >= 11 is 0. The largest absolute Gasteiger partial charge is 0.497 e. The van der Waals surface area contributed by atoms with Gasteiger partial charge in [-0.15, -0.1) is 0 Å². The standard InChI is InChI=1S/C24H32N2O4/c1-29-18-5-6-19(21(11-18)30-2)25-22(27)20-4-3-7-26(20)23(28)24-12-15-8-16(13-24)10-17(9-15)14-24/h5-6,11,15-17,20H,3-4,7-10,12-14H2,1-2H3,(H,25,27)/t15?,16?,17?,20-,24?/m1/s1. The maximum Gasteiger partial charge on any atom is 0.247 e. The first-order valence-electron chi connectivity index (χ1n) is 11.4. The van der Waals surface area contributed by atoms with Crippen LogP contribution in [0.2, 0.25) is 0 Å². The van der Waals surface area contributed by atoms with Gasteiger partial charge in [-0.05, 0) is 81.3 Å². The number of benzene rings is 1. The van der Waals surface area contributed by atoms with Crippen LogP contribution in [0.1, 0.15) is 51.4 Å². The second kappa shape index (κ2) is 7.47. The first-order valence-corrected chi connectivity index (χ1v) is 11.4. The molecule has 1 aromatic rings. The number of rotatable bonds is 5. The van der Waals surface area contributed by atoms with Crippen LogP contribution in [0.15, 0.2) is 18.2 Å². The number of ether oxygens (including phenoxy) is 2. The van der Waals surface area contributed by atoms with E-state index in [-0.39, 0.29) is 17.2 Å². The molecule has 1 atom stereocenters. The highest BCUT2D eigenvalue weighted by molar-refractivity contribution is 5.99. The van der Waals surface area contributed by atoms with Crippen molar-refractivity contribution in [2.45, 2.75) is 57.4 Å². The van der Waals surface area contributed by atoms with Crippen molar-refractivity contribution in [3.05, 3.63) is 18.2 Å². The fraction of sp³-hybridized carbons (Fsp3) is 0.667. The smallest absolute Gasteiger partial charge is 0.247 e. The van der Waals surface area contributed by atoms with E-state index in [0.717, 1.165) is 49.9 Å². The van der Waals surface area contributed by atoms with Crippen molar-refractivity contribution < 1.29 is 19.1 Å². The van der Waals surface area contributed by atoms with E-state index >= 15 is 0 Å². The summed E-state index contributed by atoms with van der Waals surface area (Å²) in [6.07, 6.45) is 8.66. The molecule has 6 rings (SSSR count). The third kappa shape index (κ3) is 3.25. The van der Waals surface area contributed by atoms with Gasteiger partial charge in [-0.25, -0.2) is 0 Å². The van der Waals surface area contributed by atoms with E-state index in [2.05, 4.69) is 5.32 Å². The van der Waals surface area contributed by atoms with Crippen LogP contribution < -0.4 is 14.8 Å². The third-order valence-electron chi connectivity index (χ3n) is 7.97. The van der Waals surface area contributed by atoms with E-state index in [4.69, 9.17) is 9.47 Å². The lowest BCUT2D eigenvalue weighted by molar-refractivity contribution is -0.160. The summed E-state index contributed by atoms with van der Waals surface area (Å²) in [5.74, 6) is 3.52. The summed E-state index contributed by atoms with van der Waals surface area (Å²) in [5, 5.41) is 3.00. The molecule has 1 saturated heterocycles. The molecule has 0 unspecified atom stereocenters. The second-order valence-electron chi connectivity index (χ2n) is 9.91. The van der Waals surface area contributed by atoms with Crippen molar-refractivity contribution >= 4 is 17.5 Å². The zero-order valence-corrected chi connectivity index (χ0v) is 18.0. The van der Waals surface area contributed by atoms with Crippen molar-refractivity contribution in [2.75, 3.05) is 26.1 Å². The molecule has 2 amide bonds. The fourth-order valence-corrected chi connectivity index (χ4v) is 7.08. The minimum atomic E-state index is -0.391. The summed E-state index contributed by atoms with van der Waals surface area (Å²) < 4.78 is 10.7. The molecule has 1 N–H and O–H groups in total. The number of hydrogen-bond donors (Lipinski definition) is 1. The van der Waals surface area contributed by atoms with E-state index in [0.29, 0.717) is 23.7 Å². The summed E-state index contributed by atoms with van der Waals surface area (Å²) in [4.78, 5) is 28.9. The number of amides is 2. The average molecular weight is 413 g/mol. The predicted molar refractivity (Wildman–Crippen MR) is 114 cm³/mol. The molecule has 4 saturated carbocycles. The Kier molecular flexibility index (Phi) is 4.91. The quantitative estimate of drug-likeness (QED) is 0.798. The second-order valence-corrected chi connectivity index (χ2v) is 9.91. The number of carbonyl (C=O) groups is 2. The Labute approximate surface area is 178 Å². The maximum absolute atomic E-state index is 13.8. The molecule has 0 aromatic heterocycles. The van der Waals surface area contributed by atoms with Crippen molar-refractivity contribution in [3.8, 4) is 11.5 Å². The Hall–Kier alpha value is -2.24. The zero-order valence-electron chi connectivity index (χ0n) is 18.0. The van der Waals surface area contributed by atoms with Crippen molar-refractivity contribution in [1.82, 2.24) is 4.90 Å². The molecule has 5 aliphatic rings. The Morgan fingerprint density at radius 1 is 1.03 bits per heavy atom. The monoisotopic (exact) mass is 412 g/mol. The topological polar surface area (TPSA) is 67.9 Å². The predicted octanol–water partition coefficient (Wildman–Crippen LogP) is 3.85. The van der Waals surface area contributed by atoms with Crippen LogP contribution in [0.3, 0.4) is 0 Å². The van der Waals surface area contributed by atoms with Crippen LogP contribution in [0.4, 0.5) is 5.69 Å². The number of nitrogens with zero attached hydrogens (tertiary/aromatic N) is 1. The lowest BCUT2D eigenvalue weighted by Gasteiger charge is -2.56. The first kappa shape index (κ1) is 19.7. The average Bonchev–Trinajstić information content (AvgIpc) is 3.22. The van der Waals surface area contributed by atoms with Gasteiger partial charge in [0.15, 0.2) is 0 Å². The fourth-order valence-electron chi connectivity index (χ4n) is 7.08. The number of likely N-dealkylation sites (tertiary alicyclic amines) is 1. The van der Waals surface area contributed by atoms with Gasteiger partial charge in [-0.2, -0.15) is 0 Å². The van der Waals surface area contributed by atoms with E-state index in [1.165, 1.54) is 19.3 Å². The lowest BCUT2D eigenvalue weighted by atomic mass is 9.49. The van der Waals surface area contributed by atoms with E-state index in [1.54, 1.807) is 32.4 Å². The number of carbonyl (C=O) groups excluding carboxylic acids is 2. The molecule has 6 heteroatoms. The highest BCUT2D eigenvalue weighted by Gasteiger charge is 2.56. The lowest BCUT2D eigenvalue weighted by Crippen LogP contribution is -2.56. The number of methoxy groups -OCH3 is 2. The molecule has 4 aliphatic carbocycles. The summed E-state index contributed by atoms with van der Waals surface area (Å²) in [6.45, 7) is 0.693. The van der Waals surface area contributed by atoms with Crippen molar-refractivity contribution in [1.29, 1.82) is 0 Å². The van der Waals surface area contributed by atoms with E-state index in [9.17, 15) is 9.59 Å². The van der Waals surface area contributed by atoms with Gasteiger partial charge in [0.1, 0.15) is 17.5 Å². The minimum Gasteiger partial charge on any atom is -0.497 e. The molecule has 162 valence electrons. The van der Waals surface area contributed by atoms with Crippen LogP contribution >= 0.6 is 0 Å². The number of nitrogens with one attached hydrogen (secondary N) is 1. The van der Waals surface area contributed by atoms with Crippen LogP contribution in [-0.4, -0.2) is 43.5 Å². The first-order chi connectivity index (χ1) is 14.5. The molecule has 30 heavy (non-hydrogen) atoms. The molecule has 0 spiro atoms. The Morgan fingerprint density at radius 2 is 1.70 bits per heavy atom. The molecule has 1 heterocycles. The summed E-state index contributed by atoms with van der Waals surface area (Å²) in [7, 11) is 3.17. The van der Waals surface area contributed by atoms with E-state index in [1.807, 2.05) is 4.90 Å². The Morgan fingerprint density at radius 3 is 2.30 bits per heavy atom. The highest BCUT2D eigenvalue weighted by Crippen LogP contribution is 2.60. The van der Waals surface area contributed by atoms with Gasteiger partial charge < -0.3 is 19.7 Å². The molecular weight excluding hydrogens is 380 g/mol. The van der Waals surface area contributed by atoms with Gasteiger partial charge in [0.25, 0.3) is 0 Å². The zero-order chi connectivity index (χ0) is 20.9. The van der Waals surface area contributed by atoms with Gasteiger partial charge in [-0.3, -0.25) is 9.59 Å². The molecule has 0 radical (unpaired) electrons. The van der Waals surface area contributed by atoms with Crippen LogP contribution in [0.25, 0.3) is 0 Å². The van der Waals surface area contributed by atoms with Gasteiger partial charge in [0.05, 0.1) is 25.3 Å². The summed E-state index contributed by atoms with van der Waals surface area (Å²) in [5.41, 5.74) is 0.410. The minimum absolute atomic E-state index is 0.117. The van der Waals surface area contributed by atoms with Gasteiger partial charge in [0, 0.05) is 12.6 Å².